The van der Waals surface area contributed by atoms with Crippen LogP contribution in [-0.2, 0) is 11.2 Å². The van der Waals surface area contributed by atoms with Crippen molar-refractivity contribution < 1.29 is 4.79 Å². The van der Waals surface area contributed by atoms with Crippen molar-refractivity contribution in [2.24, 2.45) is 0 Å². The number of anilines is 4. The van der Waals surface area contributed by atoms with Crippen molar-refractivity contribution in [2.45, 2.75) is 32.2 Å². The first-order valence-corrected chi connectivity index (χ1v) is 10.9. The molecule has 1 heterocycles. The summed E-state index contributed by atoms with van der Waals surface area (Å²) in [6.45, 7) is 1.49. The molecule has 1 aliphatic rings. The van der Waals surface area contributed by atoms with Gasteiger partial charge in [-0.05, 0) is 60.7 Å². The molecule has 0 unspecified atom stereocenters. The molecule has 5 rings (SSSR count). The lowest BCUT2D eigenvalue weighted by atomic mass is 9.88. The molecule has 1 atom stereocenters. The van der Waals surface area contributed by atoms with Crippen molar-refractivity contribution in [3.63, 3.8) is 0 Å². The Morgan fingerprint density at radius 2 is 1.75 bits per heavy atom. The summed E-state index contributed by atoms with van der Waals surface area (Å²) in [5.41, 5.74) is 5.15. The van der Waals surface area contributed by atoms with E-state index in [0.29, 0.717) is 5.95 Å². The molecule has 3 N–H and O–H groups in total. The zero-order valence-electron chi connectivity index (χ0n) is 17.9. The summed E-state index contributed by atoms with van der Waals surface area (Å²) in [5, 5.41) is 10.8. The van der Waals surface area contributed by atoms with Crippen molar-refractivity contribution in [2.75, 3.05) is 16.0 Å². The Labute approximate surface area is 187 Å². The van der Waals surface area contributed by atoms with Crippen LogP contribution in [0.3, 0.4) is 0 Å². The van der Waals surface area contributed by atoms with Gasteiger partial charge in [0.05, 0.1) is 11.6 Å². The molecular weight excluding hydrogens is 398 g/mol. The second-order valence-electron chi connectivity index (χ2n) is 8.09. The van der Waals surface area contributed by atoms with Crippen LogP contribution in [0, 0.1) is 0 Å². The lowest BCUT2D eigenvalue weighted by Gasteiger charge is -2.27. The SMILES string of the molecule is CC(=O)Nc1cccc(Nc2nc(N[C@H]3CCCc4ccccc43)c3ccccc3n2)c1. The molecule has 6 nitrogen and oxygen atoms in total. The van der Waals surface area contributed by atoms with Crippen LogP contribution in [0.25, 0.3) is 10.9 Å². The van der Waals surface area contributed by atoms with E-state index in [1.165, 1.54) is 18.1 Å². The zero-order valence-corrected chi connectivity index (χ0v) is 17.9. The predicted molar refractivity (Wildman–Crippen MR) is 129 cm³/mol. The number of aryl methyl sites for hydroxylation is 1. The number of para-hydroxylation sites is 1. The molecule has 0 fully saturated rings. The standard InChI is InChI=1S/C26H25N5O/c1-17(32)27-19-10-7-11-20(16-19)28-26-30-24-14-5-4-13-22(24)25(31-26)29-23-15-6-9-18-8-2-3-12-21(18)23/h2-5,7-8,10-14,16,23H,6,9,15H2,1H3,(H,27,32)(H2,28,29,30,31)/t23-/m0/s1. The van der Waals surface area contributed by atoms with Crippen molar-refractivity contribution >= 4 is 40.0 Å². The summed E-state index contributed by atoms with van der Waals surface area (Å²) in [5.74, 6) is 1.22. The predicted octanol–water partition coefficient (Wildman–Crippen LogP) is 5.82. The van der Waals surface area contributed by atoms with Crippen LogP contribution in [0.4, 0.5) is 23.1 Å². The molecule has 4 aromatic rings. The summed E-state index contributed by atoms with van der Waals surface area (Å²) in [6.07, 6.45) is 3.34. The average Bonchev–Trinajstić information content (AvgIpc) is 2.79. The van der Waals surface area contributed by atoms with Gasteiger partial charge in [0.15, 0.2) is 0 Å². The van der Waals surface area contributed by atoms with Crippen LogP contribution < -0.4 is 16.0 Å². The first kappa shape index (κ1) is 20.0. The molecule has 6 heteroatoms. The van der Waals surface area contributed by atoms with E-state index < -0.39 is 0 Å². The lowest BCUT2D eigenvalue weighted by Crippen LogP contribution is -2.18. The Morgan fingerprint density at radius 3 is 2.66 bits per heavy atom. The minimum Gasteiger partial charge on any atom is -0.363 e. The van der Waals surface area contributed by atoms with Gasteiger partial charge in [0.2, 0.25) is 11.9 Å². The molecule has 3 aromatic carbocycles. The largest absolute Gasteiger partial charge is 0.363 e. The summed E-state index contributed by atoms with van der Waals surface area (Å²) in [7, 11) is 0. The van der Waals surface area contributed by atoms with Crippen molar-refractivity contribution in [1.82, 2.24) is 9.97 Å². The highest BCUT2D eigenvalue weighted by atomic mass is 16.1. The van der Waals surface area contributed by atoms with Gasteiger partial charge in [-0.25, -0.2) is 4.98 Å². The Bertz CT molecular complexity index is 1290. The van der Waals surface area contributed by atoms with Crippen LogP contribution in [0.15, 0.2) is 72.8 Å². The number of rotatable bonds is 5. The van der Waals surface area contributed by atoms with E-state index in [1.54, 1.807) is 0 Å². The maximum absolute atomic E-state index is 11.4. The number of carbonyl (C=O) groups is 1. The Balaban J connectivity index is 1.48. The number of aromatic nitrogens is 2. The number of hydrogen-bond acceptors (Lipinski definition) is 5. The number of benzene rings is 3. The van der Waals surface area contributed by atoms with Crippen LogP contribution in [-0.4, -0.2) is 15.9 Å². The molecular formula is C26H25N5O. The van der Waals surface area contributed by atoms with Gasteiger partial charge in [0.25, 0.3) is 0 Å². The fourth-order valence-corrected chi connectivity index (χ4v) is 4.32. The highest BCUT2D eigenvalue weighted by Gasteiger charge is 2.21. The van der Waals surface area contributed by atoms with E-state index in [2.05, 4.69) is 40.2 Å². The summed E-state index contributed by atoms with van der Waals surface area (Å²) in [4.78, 5) is 20.9. The van der Waals surface area contributed by atoms with Crippen LogP contribution in [0.5, 0.6) is 0 Å². The minimum atomic E-state index is -0.108. The molecule has 32 heavy (non-hydrogen) atoms. The van der Waals surface area contributed by atoms with Crippen molar-refractivity contribution in [3.05, 3.63) is 83.9 Å². The van der Waals surface area contributed by atoms with Gasteiger partial charge in [-0.1, -0.05) is 42.5 Å². The average molecular weight is 424 g/mol. The molecule has 0 bridgehead atoms. The Hall–Kier alpha value is -3.93. The van der Waals surface area contributed by atoms with Gasteiger partial charge in [0, 0.05) is 23.7 Å². The van der Waals surface area contributed by atoms with Gasteiger partial charge in [0.1, 0.15) is 5.82 Å². The smallest absolute Gasteiger partial charge is 0.229 e. The first-order valence-electron chi connectivity index (χ1n) is 10.9. The van der Waals surface area contributed by atoms with E-state index in [0.717, 1.165) is 47.4 Å². The van der Waals surface area contributed by atoms with Gasteiger partial charge >= 0.3 is 0 Å². The van der Waals surface area contributed by atoms with E-state index in [-0.39, 0.29) is 11.9 Å². The van der Waals surface area contributed by atoms with Crippen LogP contribution in [0.2, 0.25) is 0 Å². The van der Waals surface area contributed by atoms with Crippen LogP contribution >= 0.6 is 0 Å². The van der Waals surface area contributed by atoms with E-state index in [1.807, 2.05) is 48.5 Å². The van der Waals surface area contributed by atoms with Crippen molar-refractivity contribution in [1.29, 1.82) is 0 Å². The molecule has 0 radical (unpaired) electrons. The minimum absolute atomic E-state index is 0.108. The first-order chi connectivity index (χ1) is 15.7. The highest BCUT2D eigenvalue weighted by Crippen LogP contribution is 2.34. The molecule has 1 amide bonds. The van der Waals surface area contributed by atoms with Crippen molar-refractivity contribution in [3.8, 4) is 0 Å². The number of nitrogens with one attached hydrogen (secondary N) is 3. The molecule has 1 aromatic heterocycles. The Kier molecular flexibility index (Phi) is 5.42. The Morgan fingerprint density at radius 1 is 0.938 bits per heavy atom. The summed E-state index contributed by atoms with van der Waals surface area (Å²) >= 11 is 0. The number of nitrogens with zero attached hydrogens (tertiary/aromatic N) is 2. The molecule has 0 aliphatic heterocycles. The normalized spacial score (nSPS) is 15.1. The second-order valence-corrected chi connectivity index (χ2v) is 8.09. The van der Waals surface area contributed by atoms with E-state index >= 15 is 0 Å². The quantitative estimate of drug-likeness (QED) is 0.377. The molecule has 160 valence electrons. The lowest BCUT2D eigenvalue weighted by molar-refractivity contribution is -0.114. The summed E-state index contributed by atoms with van der Waals surface area (Å²) in [6, 6.07) is 24.4. The van der Waals surface area contributed by atoms with E-state index in [4.69, 9.17) is 9.97 Å². The number of carbonyl (C=O) groups excluding carboxylic acids is 1. The van der Waals surface area contributed by atoms with Gasteiger partial charge in [-0.3, -0.25) is 4.79 Å². The fraction of sp³-hybridized carbons (Fsp3) is 0.192. The molecule has 0 saturated carbocycles. The fourth-order valence-electron chi connectivity index (χ4n) is 4.32. The second kappa shape index (κ2) is 8.67. The third-order valence-electron chi connectivity index (χ3n) is 5.72. The summed E-state index contributed by atoms with van der Waals surface area (Å²) < 4.78 is 0. The zero-order chi connectivity index (χ0) is 21.9. The maximum Gasteiger partial charge on any atom is 0.229 e. The number of fused-ring (bicyclic) bond motifs is 2. The van der Waals surface area contributed by atoms with Crippen LogP contribution in [0.1, 0.15) is 36.9 Å². The van der Waals surface area contributed by atoms with Gasteiger partial charge in [-0.2, -0.15) is 4.98 Å². The monoisotopic (exact) mass is 423 g/mol. The van der Waals surface area contributed by atoms with Gasteiger partial charge < -0.3 is 16.0 Å². The molecule has 0 saturated heterocycles. The van der Waals surface area contributed by atoms with E-state index in [9.17, 15) is 4.79 Å². The number of hydrogen-bond donors (Lipinski definition) is 3. The molecule has 1 aliphatic carbocycles. The third kappa shape index (κ3) is 4.25. The topological polar surface area (TPSA) is 78.9 Å². The third-order valence-corrected chi connectivity index (χ3v) is 5.72. The molecule has 0 spiro atoms. The number of amides is 1. The maximum atomic E-state index is 11.4. The highest BCUT2D eigenvalue weighted by molar-refractivity contribution is 5.91. The van der Waals surface area contributed by atoms with Gasteiger partial charge in [-0.15, -0.1) is 0 Å².